The Morgan fingerprint density at radius 1 is 1.41 bits per heavy atom. The molecule has 118 valence electrons. The van der Waals surface area contributed by atoms with Crippen LogP contribution in [0.15, 0.2) is 24.3 Å². The average Bonchev–Trinajstić information content (AvgIpc) is 3.16. The number of halogens is 1. The van der Waals surface area contributed by atoms with Crippen molar-refractivity contribution >= 4 is 11.8 Å². The van der Waals surface area contributed by atoms with Gasteiger partial charge < -0.3 is 10.2 Å². The topological polar surface area (TPSA) is 49.4 Å². The number of carbonyl (C=O) groups is 2. The molecule has 2 fully saturated rings. The Kier molecular flexibility index (Phi) is 3.89. The fourth-order valence-electron chi connectivity index (χ4n) is 3.25. The summed E-state index contributed by atoms with van der Waals surface area (Å²) in [4.78, 5) is 25.6. The predicted molar refractivity (Wildman–Crippen MR) is 80.7 cm³/mol. The Labute approximate surface area is 129 Å². The van der Waals surface area contributed by atoms with Gasteiger partial charge in [0.15, 0.2) is 0 Å². The van der Waals surface area contributed by atoms with Gasteiger partial charge in [-0.3, -0.25) is 9.59 Å². The zero-order valence-electron chi connectivity index (χ0n) is 12.8. The van der Waals surface area contributed by atoms with Crippen LogP contribution in [0, 0.1) is 11.7 Å². The molecule has 0 spiro atoms. The van der Waals surface area contributed by atoms with Crippen molar-refractivity contribution in [3.8, 4) is 0 Å². The fraction of sp³-hybridized carbons (Fsp3) is 0.529. The number of carbonyl (C=O) groups excluding carboxylic acids is 2. The van der Waals surface area contributed by atoms with Gasteiger partial charge in [0.1, 0.15) is 5.82 Å². The maximum Gasteiger partial charge on any atom is 0.230 e. The maximum absolute atomic E-state index is 13.4. The number of nitrogens with one attached hydrogen (secondary N) is 1. The molecule has 1 unspecified atom stereocenters. The molecular weight excluding hydrogens is 283 g/mol. The molecule has 1 saturated heterocycles. The van der Waals surface area contributed by atoms with Gasteiger partial charge in [-0.2, -0.15) is 0 Å². The molecule has 3 rings (SSSR count). The van der Waals surface area contributed by atoms with Crippen molar-refractivity contribution in [2.45, 2.75) is 31.6 Å². The van der Waals surface area contributed by atoms with Crippen molar-refractivity contribution in [2.75, 3.05) is 19.6 Å². The molecule has 2 amide bonds. The van der Waals surface area contributed by atoms with Crippen LogP contribution in [0.5, 0.6) is 0 Å². The largest absolute Gasteiger partial charge is 0.355 e. The van der Waals surface area contributed by atoms with Crippen LogP contribution in [0.1, 0.15) is 31.7 Å². The van der Waals surface area contributed by atoms with Gasteiger partial charge in [-0.1, -0.05) is 12.1 Å². The van der Waals surface area contributed by atoms with Crippen LogP contribution in [0.4, 0.5) is 4.39 Å². The van der Waals surface area contributed by atoms with Crippen LogP contribution < -0.4 is 5.32 Å². The van der Waals surface area contributed by atoms with Crippen LogP contribution in [0.2, 0.25) is 0 Å². The lowest BCUT2D eigenvalue weighted by Gasteiger charge is -2.18. The van der Waals surface area contributed by atoms with E-state index in [-0.39, 0.29) is 17.6 Å². The second-order valence-corrected chi connectivity index (χ2v) is 6.42. The highest BCUT2D eigenvalue weighted by molar-refractivity contribution is 5.91. The van der Waals surface area contributed by atoms with E-state index in [1.165, 1.54) is 12.1 Å². The summed E-state index contributed by atoms with van der Waals surface area (Å²) in [7, 11) is 0. The lowest BCUT2D eigenvalue weighted by molar-refractivity contribution is -0.127. The highest BCUT2D eigenvalue weighted by atomic mass is 19.1. The molecule has 4 nitrogen and oxygen atoms in total. The summed E-state index contributed by atoms with van der Waals surface area (Å²) in [6, 6.07) is 6.33. The van der Waals surface area contributed by atoms with E-state index in [1.54, 1.807) is 13.0 Å². The molecule has 0 aromatic heterocycles. The highest BCUT2D eigenvalue weighted by Crippen LogP contribution is 2.48. The minimum absolute atomic E-state index is 0.0145. The summed E-state index contributed by atoms with van der Waals surface area (Å²) in [5.74, 6) is 0.0900. The highest BCUT2D eigenvalue weighted by Gasteiger charge is 2.51. The first kappa shape index (κ1) is 15.0. The molecule has 5 heteroatoms. The third kappa shape index (κ3) is 2.85. The Bertz CT molecular complexity index is 598. The zero-order valence-corrected chi connectivity index (χ0v) is 12.8. The monoisotopic (exact) mass is 304 g/mol. The summed E-state index contributed by atoms with van der Waals surface area (Å²) in [6.45, 7) is 3.64. The smallest absolute Gasteiger partial charge is 0.230 e. The zero-order chi connectivity index (χ0) is 15.7. The van der Waals surface area contributed by atoms with Crippen molar-refractivity contribution < 1.29 is 14.0 Å². The van der Waals surface area contributed by atoms with Crippen molar-refractivity contribution in [3.63, 3.8) is 0 Å². The van der Waals surface area contributed by atoms with E-state index in [2.05, 4.69) is 5.32 Å². The molecular formula is C17H21FN2O2. The van der Waals surface area contributed by atoms with Crippen LogP contribution >= 0.6 is 0 Å². The van der Waals surface area contributed by atoms with Crippen molar-refractivity contribution in [2.24, 2.45) is 5.92 Å². The molecule has 1 atom stereocenters. The molecule has 1 aliphatic heterocycles. The number of hydrogen-bond donors (Lipinski definition) is 1. The molecule has 1 aliphatic carbocycles. The van der Waals surface area contributed by atoms with E-state index in [0.717, 1.165) is 31.4 Å². The third-order valence-corrected chi connectivity index (χ3v) is 4.84. The molecule has 2 aliphatic rings. The number of hydrogen-bond acceptors (Lipinski definition) is 2. The molecule has 1 heterocycles. The third-order valence-electron chi connectivity index (χ3n) is 4.84. The first-order chi connectivity index (χ1) is 10.5. The van der Waals surface area contributed by atoms with Gasteiger partial charge >= 0.3 is 0 Å². The van der Waals surface area contributed by atoms with Crippen molar-refractivity contribution in [1.29, 1.82) is 0 Å². The maximum atomic E-state index is 13.4. The van der Waals surface area contributed by atoms with Gasteiger partial charge in [-0.15, -0.1) is 0 Å². The van der Waals surface area contributed by atoms with Crippen LogP contribution in [-0.2, 0) is 15.0 Å². The van der Waals surface area contributed by atoms with Gasteiger partial charge in [0.2, 0.25) is 11.8 Å². The molecule has 0 bridgehead atoms. The van der Waals surface area contributed by atoms with Crippen molar-refractivity contribution in [3.05, 3.63) is 35.6 Å². The fourth-order valence-corrected chi connectivity index (χ4v) is 3.25. The van der Waals surface area contributed by atoms with Crippen LogP contribution in [-0.4, -0.2) is 36.3 Å². The van der Waals surface area contributed by atoms with E-state index in [1.807, 2.05) is 11.0 Å². The van der Waals surface area contributed by atoms with E-state index in [4.69, 9.17) is 0 Å². The van der Waals surface area contributed by atoms with E-state index >= 15 is 0 Å². The van der Waals surface area contributed by atoms with Gasteiger partial charge in [-0.05, 0) is 42.9 Å². The Hall–Kier alpha value is -1.91. The van der Waals surface area contributed by atoms with E-state index < -0.39 is 5.41 Å². The van der Waals surface area contributed by atoms with Crippen molar-refractivity contribution in [1.82, 2.24) is 10.2 Å². The lowest BCUT2D eigenvalue weighted by Crippen LogP contribution is -2.38. The minimum Gasteiger partial charge on any atom is -0.355 e. The number of nitrogens with zero attached hydrogens (tertiary/aromatic N) is 1. The molecule has 22 heavy (non-hydrogen) atoms. The standard InChI is InChI=1S/C17H21FN2O2/c1-12(21)20-8-5-13(11-20)10-19-16(22)17(6-7-17)14-3-2-4-15(18)9-14/h2-4,9,13H,5-8,10-11H2,1H3,(H,19,22). The minimum atomic E-state index is -0.541. The van der Waals surface area contributed by atoms with E-state index in [9.17, 15) is 14.0 Å². The van der Waals surface area contributed by atoms with Gasteiger partial charge in [-0.25, -0.2) is 4.39 Å². The summed E-state index contributed by atoms with van der Waals surface area (Å²) in [5, 5.41) is 3.01. The summed E-state index contributed by atoms with van der Waals surface area (Å²) in [5.41, 5.74) is 0.225. The van der Waals surface area contributed by atoms with E-state index in [0.29, 0.717) is 19.0 Å². The number of rotatable bonds is 4. The van der Waals surface area contributed by atoms with Crippen LogP contribution in [0.3, 0.4) is 0 Å². The SMILES string of the molecule is CC(=O)N1CCC(CNC(=O)C2(c3cccc(F)c3)CC2)C1. The first-order valence-corrected chi connectivity index (χ1v) is 7.81. The second kappa shape index (κ2) is 5.71. The van der Waals surface area contributed by atoms with Gasteiger partial charge in [0.25, 0.3) is 0 Å². The number of likely N-dealkylation sites (tertiary alicyclic amines) is 1. The first-order valence-electron chi connectivity index (χ1n) is 7.81. The second-order valence-electron chi connectivity index (χ2n) is 6.42. The lowest BCUT2D eigenvalue weighted by atomic mass is 9.94. The number of amides is 2. The predicted octanol–water partition coefficient (Wildman–Crippen LogP) is 1.84. The van der Waals surface area contributed by atoms with Gasteiger partial charge in [0, 0.05) is 26.6 Å². The quantitative estimate of drug-likeness (QED) is 0.923. The normalized spacial score (nSPS) is 22.5. The van der Waals surface area contributed by atoms with Gasteiger partial charge in [0.05, 0.1) is 5.41 Å². The van der Waals surface area contributed by atoms with Crippen LogP contribution in [0.25, 0.3) is 0 Å². The number of benzene rings is 1. The summed E-state index contributed by atoms with van der Waals surface area (Å²) < 4.78 is 13.4. The Balaban J connectivity index is 1.58. The average molecular weight is 304 g/mol. The molecule has 1 aromatic carbocycles. The molecule has 0 radical (unpaired) electrons. The summed E-state index contributed by atoms with van der Waals surface area (Å²) in [6.07, 6.45) is 2.46. The molecule has 1 saturated carbocycles. The molecule has 1 N–H and O–H groups in total. The molecule has 1 aromatic rings. The Morgan fingerprint density at radius 2 is 2.18 bits per heavy atom. The Morgan fingerprint density at radius 3 is 2.77 bits per heavy atom. The summed E-state index contributed by atoms with van der Waals surface area (Å²) >= 11 is 0.